The molecule has 0 saturated carbocycles. The standard InChI is InChI=1S/C16H23N3OS/c1-4-20-14-7-5-13(6-8-14)10-19(12(2)3)11-15-9-18-16(17)21-15/h5-9,12H,4,10-11H2,1-3H3,(H2,17,18). The third-order valence-corrected chi connectivity index (χ3v) is 4.09. The van der Waals surface area contributed by atoms with E-state index in [1.54, 1.807) is 11.3 Å². The van der Waals surface area contributed by atoms with Gasteiger partial charge in [0.1, 0.15) is 5.75 Å². The fourth-order valence-electron chi connectivity index (χ4n) is 2.11. The third kappa shape index (κ3) is 4.72. The minimum absolute atomic E-state index is 0.458. The Balaban J connectivity index is 2.02. The van der Waals surface area contributed by atoms with Crippen LogP contribution in [0, 0.1) is 0 Å². The van der Waals surface area contributed by atoms with Crippen molar-refractivity contribution in [2.45, 2.75) is 39.9 Å². The van der Waals surface area contributed by atoms with E-state index in [4.69, 9.17) is 10.5 Å². The summed E-state index contributed by atoms with van der Waals surface area (Å²) < 4.78 is 5.48. The second-order valence-electron chi connectivity index (χ2n) is 5.24. The van der Waals surface area contributed by atoms with Crippen LogP contribution in [-0.4, -0.2) is 22.5 Å². The number of nitrogens with zero attached hydrogens (tertiary/aromatic N) is 2. The molecule has 0 bridgehead atoms. The molecule has 2 rings (SSSR count). The van der Waals surface area contributed by atoms with Gasteiger partial charge in [0.25, 0.3) is 0 Å². The van der Waals surface area contributed by atoms with E-state index < -0.39 is 0 Å². The lowest BCUT2D eigenvalue weighted by atomic mass is 10.2. The molecule has 1 aromatic heterocycles. The number of rotatable bonds is 7. The molecule has 4 nitrogen and oxygen atoms in total. The molecule has 0 aliphatic rings. The van der Waals surface area contributed by atoms with E-state index >= 15 is 0 Å². The number of thiazole rings is 1. The van der Waals surface area contributed by atoms with E-state index in [9.17, 15) is 0 Å². The molecular weight excluding hydrogens is 282 g/mol. The monoisotopic (exact) mass is 305 g/mol. The maximum Gasteiger partial charge on any atom is 0.180 e. The lowest BCUT2D eigenvalue weighted by molar-refractivity contribution is 0.205. The highest BCUT2D eigenvalue weighted by Gasteiger charge is 2.12. The van der Waals surface area contributed by atoms with Crippen molar-refractivity contribution in [3.05, 3.63) is 40.9 Å². The molecule has 21 heavy (non-hydrogen) atoms. The molecule has 0 saturated heterocycles. The Morgan fingerprint density at radius 2 is 1.95 bits per heavy atom. The zero-order chi connectivity index (χ0) is 15.2. The summed E-state index contributed by atoms with van der Waals surface area (Å²) in [4.78, 5) is 7.73. The first-order valence-electron chi connectivity index (χ1n) is 7.24. The summed E-state index contributed by atoms with van der Waals surface area (Å²) in [5.74, 6) is 0.924. The first-order valence-corrected chi connectivity index (χ1v) is 8.06. The molecular formula is C16H23N3OS. The molecule has 0 radical (unpaired) electrons. The van der Waals surface area contributed by atoms with Crippen molar-refractivity contribution in [3.63, 3.8) is 0 Å². The van der Waals surface area contributed by atoms with E-state index in [2.05, 4.69) is 35.9 Å². The van der Waals surface area contributed by atoms with Gasteiger partial charge in [0.2, 0.25) is 0 Å². The minimum atomic E-state index is 0.458. The smallest absolute Gasteiger partial charge is 0.180 e. The SMILES string of the molecule is CCOc1ccc(CN(Cc2cnc(N)s2)C(C)C)cc1. The van der Waals surface area contributed by atoms with Gasteiger partial charge >= 0.3 is 0 Å². The summed E-state index contributed by atoms with van der Waals surface area (Å²) in [5, 5.41) is 0.634. The van der Waals surface area contributed by atoms with Gasteiger partial charge in [-0.2, -0.15) is 0 Å². The molecule has 0 fully saturated rings. The second kappa shape index (κ2) is 7.43. The third-order valence-electron chi connectivity index (χ3n) is 3.28. The molecule has 1 aromatic carbocycles. The number of aromatic nitrogens is 1. The Morgan fingerprint density at radius 3 is 2.48 bits per heavy atom. The van der Waals surface area contributed by atoms with Gasteiger partial charge in [-0.3, -0.25) is 4.90 Å². The van der Waals surface area contributed by atoms with Gasteiger partial charge in [-0.1, -0.05) is 12.1 Å². The van der Waals surface area contributed by atoms with Gasteiger partial charge in [0, 0.05) is 30.2 Å². The minimum Gasteiger partial charge on any atom is -0.494 e. The topological polar surface area (TPSA) is 51.4 Å². The van der Waals surface area contributed by atoms with Crippen LogP contribution in [0.4, 0.5) is 5.13 Å². The van der Waals surface area contributed by atoms with E-state index in [-0.39, 0.29) is 0 Å². The Labute approximate surface area is 130 Å². The largest absolute Gasteiger partial charge is 0.494 e. The first kappa shape index (κ1) is 15.8. The molecule has 0 aliphatic heterocycles. The zero-order valence-corrected chi connectivity index (χ0v) is 13.7. The van der Waals surface area contributed by atoms with Crippen LogP contribution in [0.1, 0.15) is 31.2 Å². The van der Waals surface area contributed by atoms with Gasteiger partial charge in [-0.05, 0) is 38.5 Å². The summed E-state index contributed by atoms with van der Waals surface area (Å²) in [6, 6.07) is 8.77. The average molecular weight is 305 g/mol. The summed E-state index contributed by atoms with van der Waals surface area (Å²) in [5.41, 5.74) is 6.99. The van der Waals surface area contributed by atoms with Gasteiger partial charge < -0.3 is 10.5 Å². The van der Waals surface area contributed by atoms with Crippen LogP contribution in [0.25, 0.3) is 0 Å². The van der Waals surface area contributed by atoms with Gasteiger partial charge in [-0.25, -0.2) is 4.98 Å². The fourth-order valence-corrected chi connectivity index (χ4v) is 2.82. The van der Waals surface area contributed by atoms with Crippen LogP contribution in [0.3, 0.4) is 0 Å². The number of nitrogens with two attached hydrogens (primary N) is 1. The number of benzene rings is 1. The fraction of sp³-hybridized carbons (Fsp3) is 0.438. The Bertz CT molecular complexity index is 551. The maximum absolute atomic E-state index is 5.70. The van der Waals surface area contributed by atoms with Gasteiger partial charge in [0.15, 0.2) is 5.13 Å². The van der Waals surface area contributed by atoms with Crippen molar-refractivity contribution >= 4 is 16.5 Å². The van der Waals surface area contributed by atoms with Crippen LogP contribution in [0.5, 0.6) is 5.75 Å². The second-order valence-corrected chi connectivity index (χ2v) is 6.39. The quantitative estimate of drug-likeness (QED) is 0.850. The molecule has 114 valence electrons. The molecule has 2 N–H and O–H groups in total. The van der Waals surface area contributed by atoms with E-state index in [1.165, 1.54) is 10.4 Å². The Morgan fingerprint density at radius 1 is 1.24 bits per heavy atom. The van der Waals surface area contributed by atoms with Crippen LogP contribution >= 0.6 is 11.3 Å². The highest BCUT2D eigenvalue weighted by molar-refractivity contribution is 7.15. The molecule has 0 spiro atoms. The van der Waals surface area contributed by atoms with Crippen molar-refractivity contribution in [1.29, 1.82) is 0 Å². The normalized spacial score (nSPS) is 11.3. The molecule has 5 heteroatoms. The number of nitrogen functional groups attached to an aromatic ring is 1. The average Bonchev–Trinajstić information content (AvgIpc) is 2.86. The van der Waals surface area contributed by atoms with Gasteiger partial charge in [0.05, 0.1) is 6.61 Å². The van der Waals surface area contributed by atoms with Crippen LogP contribution < -0.4 is 10.5 Å². The first-order chi connectivity index (χ1) is 10.1. The molecule has 0 unspecified atom stereocenters. The van der Waals surface area contributed by atoms with Crippen molar-refractivity contribution in [3.8, 4) is 5.75 Å². The van der Waals surface area contributed by atoms with Crippen LogP contribution in [0.2, 0.25) is 0 Å². The summed E-state index contributed by atoms with van der Waals surface area (Å²) >= 11 is 1.56. The predicted molar refractivity (Wildman–Crippen MR) is 88.5 cm³/mol. The van der Waals surface area contributed by atoms with Crippen molar-refractivity contribution in [2.24, 2.45) is 0 Å². The highest BCUT2D eigenvalue weighted by Crippen LogP contribution is 2.20. The van der Waals surface area contributed by atoms with Gasteiger partial charge in [-0.15, -0.1) is 11.3 Å². The predicted octanol–water partition coefficient (Wildman–Crippen LogP) is 3.53. The van der Waals surface area contributed by atoms with E-state index in [0.29, 0.717) is 17.8 Å². The summed E-state index contributed by atoms with van der Waals surface area (Å²) in [6.45, 7) is 8.89. The highest BCUT2D eigenvalue weighted by atomic mass is 32.1. The Kier molecular flexibility index (Phi) is 5.59. The summed E-state index contributed by atoms with van der Waals surface area (Å²) in [6.07, 6.45) is 1.87. The number of ether oxygens (including phenoxy) is 1. The molecule has 0 amide bonds. The lowest BCUT2D eigenvalue weighted by Gasteiger charge is -2.25. The van der Waals surface area contributed by atoms with E-state index in [1.807, 2.05) is 25.3 Å². The zero-order valence-electron chi connectivity index (χ0n) is 12.9. The molecule has 0 atom stereocenters. The molecule has 1 heterocycles. The van der Waals surface area contributed by atoms with Crippen molar-refractivity contribution in [2.75, 3.05) is 12.3 Å². The van der Waals surface area contributed by atoms with Crippen LogP contribution in [0.15, 0.2) is 30.5 Å². The summed E-state index contributed by atoms with van der Waals surface area (Å²) in [7, 11) is 0. The number of hydrogen-bond acceptors (Lipinski definition) is 5. The Hall–Kier alpha value is -1.59. The van der Waals surface area contributed by atoms with Crippen LogP contribution in [-0.2, 0) is 13.1 Å². The molecule has 2 aromatic rings. The van der Waals surface area contributed by atoms with Crippen molar-refractivity contribution in [1.82, 2.24) is 9.88 Å². The molecule has 0 aliphatic carbocycles. The number of anilines is 1. The van der Waals surface area contributed by atoms with E-state index in [0.717, 1.165) is 18.8 Å². The lowest BCUT2D eigenvalue weighted by Crippen LogP contribution is -2.29. The van der Waals surface area contributed by atoms with Crippen molar-refractivity contribution < 1.29 is 4.74 Å². The maximum atomic E-state index is 5.70. The number of hydrogen-bond donors (Lipinski definition) is 1.